The van der Waals surface area contributed by atoms with Crippen LogP contribution in [0, 0.1) is 13.8 Å². The highest BCUT2D eigenvalue weighted by atomic mass is 127. The van der Waals surface area contributed by atoms with Crippen LogP contribution in [0.1, 0.15) is 41.8 Å². The molecule has 140 valence electrons. The summed E-state index contributed by atoms with van der Waals surface area (Å²) in [6.07, 6.45) is 1.59. The molecule has 1 aromatic heterocycles. The van der Waals surface area contributed by atoms with E-state index in [1.165, 1.54) is 4.90 Å². The lowest BCUT2D eigenvalue weighted by Gasteiger charge is -2.25. The van der Waals surface area contributed by atoms with Gasteiger partial charge >= 0.3 is 0 Å². The summed E-state index contributed by atoms with van der Waals surface area (Å²) in [5, 5.41) is 7.40. The maximum Gasteiger partial charge on any atom is 0.229 e. The van der Waals surface area contributed by atoms with E-state index >= 15 is 0 Å². The topological polar surface area (TPSA) is 86.7 Å². The predicted octanol–water partition coefficient (Wildman–Crippen LogP) is 1.97. The molecule has 2 N–H and O–H groups in total. The number of thiazole rings is 1. The fourth-order valence-electron chi connectivity index (χ4n) is 2.55. The fraction of sp³-hybridized carbons (Fsp3) is 0.625. The molecule has 0 atom stereocenters. The van der Waals surface area contributed by atoms with E-state index in [0.717, 1.165) is 22.1 Å². The Morgan fingerprint density at radius 1 is 1.24 bits per heavy atom. The number of guanidine groups is 1. The highest BCUT2D eigenvalue weighted by Crippen LogP contribution is 2.17. The Morgan fingerprint density at radius 3 is 2.48 bits per heavy atom. The van der Waals surface area contributed by atoms with Gasteiger partial charge in [0.05, 0.1) is 17.2 Å². The molecule has 9 heteroatoms. The Labute approximate surface area is 169 Å². The lowest BCUT2D eigenvalue weighted by Crippen LogP contribution is -2.46. The van der Waals surface area contributed by atoms with Crippen LogP contribution in [0.5, 0.6) is 0 Å². The van der Waals surface area contributed by atoms with Crippen LogP contribution in [-0.2, 0) is 16.1 Å². The third-order valence-corrected chi connectivity index (χ3v) is 4.79. The summed E-state index contributed by atoms with van der Waals surface area (Å²) in [6, 6.07) is 0. The second-order valence-corrected chi connectivity index (χ2v) is 6.94. The smallest absolute Gasteiger partial charge is 0.229 e. The number of likely N-dealkylation sites (tertiary alicyclic amines) is 1. The number of aromatic nitrogens is 1. The molecule has 1 aliphatic heterocycles. The average Bonchev–Trinajstić information content (AvgIpc) is 2.85. The molecule has 0 aliphatic carbocycles. The van der Waals surface area contributed by atoms with Gasteiger partial charge in [0.1, 0.15) is 0 Å². The van der Waals surface area contributed by atoms with Gasteiger partial charge in [0, 0.05) is 37.4 Å². The van der Waals surface area contributed by atoms with Gasteiger partial charge in [-0.15, -0.1) is 35.3 Å². The van der Waals surface area contributed by atoms with E-state index in [-0.39, 0.29) is 35.8 Å². The molecule has 0 spiro atoms. The number of imide groups is 1. The van der Waals surface area contributed by atoms with Crippen molar-refractivity contribution in [2.24, 2.45) is 4.99 Å². The van der Waals surface area contributed by atoms with E-state index in [1.807, 2.05) is 20.8 Å². The standard InChI is InChI=1S/C16H25N5O2S.HI/c1-4-17-16(19-10-13-11(2)20-12(3)24-13)18-8-9-21-14(22)6-5-7-15(21)23;/h4-10H2,1-3H3,(H2,17,18,19);1H. The molecular formula is C16H26IN5O2S. The number of amides is 2. The van der Waals surface area contributed by atoms with Crippen LogP contribution in [0.3, 0.4) is 0 Å². The minimum atomic E-state index is -0.0780. The molecule has 7 nitrogen and oxygen atoms in total. The third kappa shape index (κ3) is 6.53. The van der Waals surface area contributed by atoms with Crippen LogP contribution in [0.2, 0.25) is 0 Å². The van der Waals surface area contributed by atoms with Crippen molar-refractivity contribution in [1.82, 2.24) is 20.5 Å². The minimum absolute atomic E-state index is 0. The van der Waals surface area contributed by atoms with Crippen LogP contribution in [0.15, 0.2) is 4.99 Å². The van der Waals surface area contributed by atoms with Crippen molar-refractivity contribution in [3.63, 3.8) is 0 Å². The lowest BCUT2D eigenvalue weighted by molar-refractivity contribution is -0.147. The number of carbonyl (C=O) groups excluding carboxylic acids is 2. The molecule has 2 amide bonds. The predicted molar refractivity (Wildman–Crippen MR) is 110 cm³/mol. The summed E-state index contributed by atoms with van der Waals surface area (Å²) in [6.45, 7) is 8.15. The zero-order valence-corrected chi connectivity index (χ0v) is 18.1. The Hall–Kier alpha value is -1.23. The number of carbonyl (C=O) groups is 2. The van der Waals surface area contributed by atoms with Gasteiger partial charge < -0.3 is 10.6 Å². The average molecular weight is 479 g/mol. The molecular weight excluding hydrogens is 453 g/mol. The SMILES string of the molecule is CCNC(=NCc1sc(C)nc1C)NCCN1C(=O)CCCC1=O.I. The summed E-state index contributed by atoms with van der Waals surface area (Å²) in [5.41, 5.74) is 1.02. The van der Waals surface area contributed by atoms with E-state index in [9.17, 15) is 9.59 Å². The summed E-state index contributed by atoms with van der Waals surface area (Å²) in [4.78, 5) is 35.0. The second kappa shape index (κ2) is 10.7. The van der Waals surface area contributed by atoms with Gasteiger partial charge in [-0.2, -0.15) is 0 Å². The number of nitrogens with zero attached hydrogens (tertiary/aromatic N) is 3. The molecule has 1 aliphatic rings. The highest BCUT2D eigenvalue weighted by molar-refractivity contribution is 14.0. The zero-order valence-electron chi connectivity index (χ0n) is 14.9. The summed E-state index contributed by atoms with van der Waals surface area (Å²) in [5.74, 6) is 0.524. The van der Waals surface area contributed by atoms with Crippen LogP contribution in [-0.4, -0.2) is 47.3 Å². The Balaban J connectivity index is 0.00000312. The number of halogens is 1. The Bertz CT molecular complexity index is 616. The number of piperidine rings is 1. The van der Waals surface area contributed by atoms with Gasteiger partial charge in [-0.05, 0) is 27.2 Å². The number of rotatable bonds is 6. The molecule has 0 unspecified atom stereocenters. The monoisotopic (exact) mass is 479 g/mol. The molecule has 2 rings (SSSR count). The van der Waals surface area contributed by atoms with Crippen molar-refractivity contribution in [2.75, 3.05) is 19.6 Å². The van der Waals surface area contributed by atoms with Crippen LogP contribution in [0.25, 0.3) is 0 Å². The van der Waals surface area contributed by atoms with Crippen molar-refractivity contribution >= 4 is 53.1 Å². The minimum Gasteiger partial charge on any atom is -0.357 e. The Kier molecular flexibility index (Phi) is 9.33. The van der Waals surface area contributed by atoms with E-state index < -0.39 is 0 Å². The maximum atomic E-state index is 11.8. The summed E-state index contributed by atoms with van der Waals surface area (Å²) >= 11 is 1.65. The van der Waals surface area contributed by atoms with Crippen molar-refractivity contribution < 1.29 is 9.59 Å². The van der Waals surface area contributed by atoms with Crippen molar-refractivity contribution in [3.05, 3.63) is 15.6 Å². The molecule has 25 heavy (non-hydrogen) atoms. The molecule has 0 saturated carbocycles. The van der Waals surface area contributed by atoms with Crippen molar-refractivity contribution in [1.29, 1.82) is 0 Å². The normalized spacial score (nSPS) is 15.2. The van der Waals surface area contributed by atoms with E-state index in [0.29, 0.717) is 44.9 Å². The number of nitrogens with one attached hydrogen (secondary N) is 2. The molecule has 0 bridgehead atoms. The summed E-state index contributed by atoms with van der Waals surface area (Å²) < 4.78 is 0. The van der Waals surface area contributed by atoms with Gasteiger partial charge in [-0.25, -0.2) is 9.98 Å². The van der Waals surface area contributed by atoms with Crippen LogP contribution < -0.4 is 10.6 Å². The largest absolute Gasteiger partial charge is 0.357 e. The first-order valence-electron chi connectivity index (χ1n) is 8.29. The molecule has 0 radical (unpaired) electrons. The molecule has 0 aromatic carbocycles. The molecule has 2 heterocycles. The zero-order chi connectivity index (χ0) is 17.5. The van der Waals surface area contributed by atoms with Crippen molar-refractivity contribution in [3.8, 4) is 0 Å². The number of aliphatic imine (C=N–C) groups is 1. The third-order valence-electron chi connectivity index (χ3n) is 3.74. The summed E-state index contributed by atoms with van der Waals surface area (Å²) in [7, 11) is 0. The number of hydrogen-bond donors (Lipinski definition) is 2. The highest BCUT2D eigenvalue weighted by Gasteiger charge is 2.25. The van der Waals surface area contributed by atoms with Crippen molar-refractivity contribution in [2.45, 2.75) is 46.6 Å². The Morgan fingerprint density at radius 2 is 1.92 bits per heavy atom. The maximum absolute atomic E-state index is 11.8. The van der Waals surface area contributed by atoms with E-state index in [1.54, 1.807) is 11.3 Å². The van der Waals surface area contributed by atoms with Gasteiger partial charge in [0.2, 0.25) is 11.8 Å². The first-order chi connectivity index (χ1) is 11.5. The quantitative estimate of drug-likeness (QED) is 0.282. The van der Waals surface area contributed by atoms with E-state index in [2.05, 4.69) is 20.6 Å². The lowest BCUT2D eigenvalue weighted by atomic mass is 10.1. The van der Waals surface area contributed by atoms with Gasteiger partial charge in [-0.1, -0.05) is 0 Å². The van der Waals surface area contributed by atoms with Crippen LogP contribution in [0.4, 0.5) is 0 Å². The first-order valence-corrected chi connectivity index (χ1v) is 9.11. The van der Waals surface area contributed by atoms with Gasteiger partial charge in [0.15, 0.2) is 5.96 Å². The molecule has 1 saturated heterocycles. The molecule has 1 aromatic rings. The van der Waals surface area contributed by atoms with Gasteiger partial charge in [0.25, 0.3) is 0 Å². The van der Waals surface area contributed by atoms with E-state index in [4.69, 9.17) is 0 Å². The van der Waals surface area contributed by atoms with Crippen LogP contribution >= 0.6 is 35.3 Å². The number of aryl methyl sites for hydroxylation is 2. The van der Waals surface area contributed by atoms with Gasteiger partial charge in [-0.3, -0.25) is 14.5 Å². The molecule has 1 fully saturated rings. The first kappa shape index (κ1) is 21.8. The number of hydrogen-bond acceptors (Lipinski definition) is 5. The fourth-order valence-corrected chi connectivity index (χ4v) is 3.41. The second-order valence-electron chi connectivity index (χ2n) is 5.66.